The number of nitrogens with zero attached hydrogens (tertiary/aromatic N) is 2. The lowest BCUT2D eigenvalue weighted by Gasteiger charge is -2.36. The number of aromatic hydroxyl groups is 1. The summed E-state index contributed by atoms with van der Waals surface area (Å²) < 4.78 is 0. The summed E-state index contributed by atoms with van der Waals surface area (Å²) in [7, 11) is 0. The summed E-state index contributed by atoms with van der Waals surface area (Å²) in [6.45, 7) is 1.85. The first-order valence-electron chi connectivity index (χ1n) is 9.44. The van der Waals surface area contributed by atoms with Crippen LogP contribution in [0.4, 0.5) is 0 Å². The molecule has 1 aliphatic heterocycles. The normalized spacial score (nSPS) is 16.4. The van der Waals surface area contributed by atoms with Crippen molar-refractivity contribution in [2.75, 3.05) is 0 Å². The third-order valence-electron chi connectivity index (χ3n) is 5.16. The van der Waals surface area contributed by atoms with Crippen LogP contribution in [0.5, 0.6) is 5.75 Å². The predicted octanol–water partition coefficient (Wildman–Crippen LogP) is 3.03. The highest BCUT2D eigenvalue weighted by Gasteiger charge is 2.31. The summed E-state index contributed by atoms with van der Waals surface area (Å²) >= 11 is 0. The Balaban J connectivity index is 1.52. The minimum atomic E-state index is -0.236. The number of carbonyl (C=O) groups excluding carboxylic acids is 1. The fourth-order valence-electron chi connectivity index (χ4n) is 3.65. The number of rotatable bonds is 5. The molecule has 2 heterocycles. The van der Waals surface area contributed by atoms with E-state index in [4.69, 9.17) is 0 Å². The van der Waals surface area contributed by atoms with E-state index in [0.717, 1.165) is 17.7 Å². The maximum absolute atomic E-state index is 13.0. The molecule has 1 atom stereocenters. The van der Waals surface area contributed by atoms with Gasteiger partial charge < -0.3 is 10.4 Å². The van der Waals surface area contributed by atoms with Gasteiger partial charge in [0.25, 0.3) is 0 Å². The topological polar surface area (TPSA) is 65.5 Å². The van der Waals surface area contributed by atoms with Crippen molar-refractivity contribution >= 4 is 5.91 Å². The highest BCUT2D eigenvalue weighted by molar-refractivity contribution is 5.82. The zero-order chi connectivity index (χ0) is 19.3. The second-order valence-electron chi connectivity index (χ2n) is 7.14. The van der Waals surface area contributed by atoms with Crippen LogP contribution >= 0.6 is 0 Å². The Morgan fingerprint density at radius 3 is 2.57 bits per heavy atom. The molecule has 0 saturated carbocycles. The molecule has 1 amide bonds. The van der Waals surface area contributed by atoms with Gasteiger partial charge >= 0.3 is 0 Å². The Morgan fingerprint density at radius 1 is 1.04 bits per heavy atom. The number of aromatic nitrogens is 1. The number of amides is 1. The maximum atomic E-state index is 13.0. The summed E-state index contributed by atoms with van der Waals surface area (Å²) in [6.07, 6.45) is 4.18. The summed E-state index contributed by atoms with van der Waals surface area (Å²) in [6, 6.07) is 19.1. The van der Waals surface area contributed by atoms with Crippen LogP contribution in [0.2, 0.25) is 0 Å². The molecule has 1 aliphatic rings. The van der Waals surface area contributed by atoms with Crippen LogP contribution in [0.3, 0.4) is 0 Å². The molecule has 5 heteroatoms. The van der Waals surface area contributed by atoms with E-state index in [-0.39, 0.29) is 17.7 Å². The summed E-state index contributed by atoms with van der Waals surface area (Å²) in [4.78, 5) is 19.3. The smallest absolute Gasteiger partial charge is 0.237 e. The van der Waals surface area contributed by atoms with Crippen molar-refractivity contribution in [1.29, 1.82) is 0 Å². The fraction of sp³-hybridized carbons (Fsp3) is 0.217. The molecule has 1 aromatic heterocycles. The van der Waals surface area contributed by atoms with Gasteiger partial charge in [-0.05, 0) is 46.9 Å². The van der Waals surface area contributed by atoms with E-state index in [2.05, 4.69) is 27.3 Å². The molecular weight excluding hydrogens is 350 g/mol. The lowest BCUT2D eigenvalue weighted by molar-refractivity contribution is -0.127. The summed E-state index contributed by atoms with van der Waals surface area (Å²) in [5, 5.41) is 12.6. The SMILES string of the molecule is O=C(NCc1cccnc1)[C@@H]1Cc2ccccc2CN1Cc1ccc(O)cc1. The molecule has 0 radical (unpaired) electrons. The van der Waals surface area contributed by atoms with Gasteiger partial charge in [0.2, 0.25) is 5.91 Å². The van der Waals surface area contributed by atoms with Crippen molar-refractivity contribution in [3.05, 3.63) is 95.3 Å². The standard InChI is InChI=1S/C23H23N3O2/c27-21-9-7-17(8-10-21)15-26-16-20-6-2-1-5-19(20)12-22(26)23(28)25-14-18-4-3-11-24-13-18/h1-11,13,22,27H,12,14-16H2,(H,25,28)/t22-/m0/s1. The summed E-state index contributed by atoms with van der Waals surface area (Å²) in [5.74, 6) is 0.274. The Hall–Kier alpha value is -3.18. The Morgan fingerprint density at radius 2 is 1.82 bits per heavy atom. The van der Waals surface area contributed by atoms with Gasteiger partial charge in [-0.25, -0.2) is 0 Å². The minimum absolute atomic E-state index is 0.0251. The van der Waals surface area contributed by atoms with Gasteiger partial charge in [-0.15, -0.1) is 0 Å². The largest absolute Gasteiger partial charge is 0.508 e. The molecule has 4 rings (SSSR count). The molecule has 2 aromatic carbocycles. The van der Waals surface area contributed by atoms with E-state index in [0.29, 0.717) is 19.5 Å². The third kappa shape index (κ3) is 4.21. The van der Waals surface area contributed by atoms with Crippen LogP contribution in [-0.4, -0.2) is 26.9 Å². The first-order chi connectivity index (χ1) is 13.7. The van der Waals surface area contributed by atoms with Gasteiger partial charge in [0.05, 0.1) is 6.04 Å². The number of pyridine rings is 1. The number of nitrogens with one attached hydrogen (secondary N) is 1. The lowest BCUT2D eigenvalue weighted by Crippen LogP contribution is -2.49. The van der Waals surface area contributed by atoms with E-state index in [1.54, 1.807) is 24.5 Å². The fourth-order valence-corrected chi connectivity index (χ4v) is 3.65. The number of fused-ring (bicyclic) bond motifs is 1. The second-order valence-corrected chi connectivity index (χ2v) is 7.14. The summed E-state index contributed by atoms with van der Waals surface area (Å²) in [5.41, 5.74) is 4.54. The van der Waals surface area contributed by atoms with Crippen molar-refractivity contribution in [2.24, 2.45) is 0 Å². The molecule has 0 bridgehead atoms. The maximum Gasteiger partial charge on any atom is 0.237 e. The predicted molar refractivity (Wildman–Crippen MR) is 107 cm³/mol. The van der Waals surface area contributed by atoms with Crippen LogP contribution in [0.1, 0.15) is 22.3 Å². The average molecular weight is 373 g/mol. The molecule has 0 saturated heterocycles. The first kappa shape index (κ1) is 18.2. The van der Waals surface area contributed by atoms with Crippen molar-refractivity contribution in [1.82, 2.24) is 15.2 Å². The van der Waals surface area contributed by atoms with Gasteiger partial charge in [0.15, 0.2) is 0 Å². The highest BCUT2D eigenvalue weighted by atomic mass is 16.3. The number of hydrogen-bond donors (Lipinski definition) is 2. The number of phenols is 1. The molecule has 5 nitrogen and oxygen atoms in total. The molecular formula is C23H23N3O2. The van der Waals surface area contributed by atoms with Crippen LogP contribution < -0.4 is 5.32 Å². The number of phenolic OH excluding ortho intramolecular Hbond substituents is 1. The van der Waals surface area contributed by atoms with E-state index < -0.39 is 0 Å². The molecule has 3 aromatic rings. The van der Waals surface area contributed by atoms with E-state index in [1.807, 2.05) is 36.4 Å². The van der Waals surface area contributed by atoms with Crippen LogP contribution in [0.15, 0.2) is 73.1 Å². The molecule has 142 valence electrons. The van der Waals surface area contributed by atoms with Crippen LogP contribution in [-0.2, 0) is 30.8 Å². The molecule has 0 fully saturated rings. The number of benzene rings is 2. The Bertz CT molecular complexity index is 942. The quantitative estimate of drug-likeness (QED) is 0.722. The van der Waals surface area contributed by atoms with E-state index >= 15 is 0 Å². The second kappa shape index (κ2) is 8.23. The monoisotopic (exact) mass is 373 g/mol. The van der Waals surface area contributed by atoms with Crippen LogP contribution in [0.25, 0.3) is 0 Å². The molecule has 28 heavy (non-hydrogen) atoms. The Kier molecular flexibility index (Phi) is 5.35. The zero-order valence-electron chi connectivity index (χ0n) is 15.6. The third-order valence-corrected chi connectivity index (χ3v) is 5.16. The number of hydrogen-bond acceptors (Lipinski definition) is 4. The van der Waals surface area contributed by atoms with Gasteiger partial charge in [-0.2, -0.15) is 0 Å². The Labute approximate surface area is 164 Å². The van der Waals surface area contributed by atoms with Gasteiger partial charge in [-0.1, -0.05) is 42.5 Å². The van der Waals surface area contributed by atoms with Crippen molar-refractivity contribution in [2.45, 2.75) is 32.1 Å². The van der Waals surface area contributed by atoms with Gasteiger partial charge in [0.1, 0.15) is 5.75 Å². The van der Waals surface area contributed by atoms with Crippen molar-refractivity contribution in [3.63, 3.8) is 0 Å². The van der Waals surface area contributed by atoms with Crippen molar-refractivity contribution < 1.29 is 9.90 Å². The first-order valence-corrected chi connectivity index (χ1v) is 9.44. The van der Waals surface area contributed by atoms with E-state index in [1.165, 1.54) is 11.1 Å². The van der Waals surface area contributed by atoms with Gasteiger partial charge in [-0.3, -0.25) is 14.7 Å². The minimum Gasteiger partial charge on any atom is -0.508 e. The molecule has 0 spiro atoms. The molecule has 0 unspecified atom stereocenters. The zero-order valence-corrected chi connectivity index (χ0v) is 15.6. The van der Waals surface area contributed by atoms with Crippen LogP contribution in [0, 0.1) is 0 Å². The van der Waals surface area contributed by atoms with Gasteiger partial charge in [0, 0.05) is 32.0 Å². The lowest BCUT2D eigenvalue weighted by atomic mass is 9.93. The number of carbonyl (C=O) groups is 1. The average Bonchev–Trinajstić information content (AvgIpc) is 2.74. The molecule has 2 N–H and O–H groups in total. The molecule has 0 aliphatic carbocycles. The highest BCUT2D eigenvalue weighted by Crippen LogP contribution is 2.25. The van der Waals surface area contributed by atoms with E-state index in [9.17, 15) is 9.90 Å². The van der Waals surface area contributed by atoms with Crippen molar-refractivity contribution in [3.8, 4) is 5.75 Å².